The van der Waals surface area contributed by atoms with Crippen molar-refractivity contribution in [3.63, 3.8) is 0 Å². The predicted octanol–water partition coefficient (Wildman–Crippen LogP) is 17.9. The van der Waals surface area contributed by atoms with Crippen molar-refractivity contribution >= 4 is 13.7 Å². The second kappa shape index (κ2) is 51.4. The van der Waals surface area contributed by atoms with E-state index < -0.39 is 20.0 Å². The molecule has 0 fully saturated rings. The molecule has 0 saturated heterocycles. The molecule has 0 aliphatic heterocycles. The normalized spacial score (nSPS) is 14.2. The van der Waals surface area contributed by atoms with E-state index in [0.29, 0.717) is 23.9 Å². The van der Waals surface area contributed by atoms with Gasteiger partial charge in [0.2, 0.25) is 5.91 Å². The molecular formula is C60H116N2O6P+. The van der Waals surface area contributed by atoms with Gasteiger partial charge in [-0.05, 0) is 51.4 Å². The van der Waals surface area contributed by atoms with Crippen LogP contribution >= 0.6 is 7.82 Å². The van der Waals surface area contributed by atoms with Gasteiger partial charge in [0, 0.05) is 6.42 Å². The standard InChI is InChI=1S/C60H115N2O6P/c1-6-8-10-12-14-16-18-20-22-24-26-28-29-30-31-32-33-34-36-38-40-42-44-46-48-50-52-54-60(64)61-58(57-68-69(65,66)67-56-55-62(3,4)5)59(63)53-51-49-47-45-43-41-39-37-35-27-25-23-21-19-17-15-13-11-9-7-2/h8,10,14,16,20,22,26,28,58-59,63H,6-7,9,11-13,15,17-19,21,23-25,27,29-57H2,1-5H3,(H-,61,64,65,66)/p+1/b10-8-,16-14-,22-20-,28-26-. The van der Waals surface area contributed by atoms with Crippen LogP contribution in [0.3, 0.4) is 0 Å². The maximum absolute atomic E-state index is 13.0. The number of aliphatic hydroxyl groups is 1. The number of quaternary nitrogens is 1. The number of likely N-dealkylation sites (N-methyl/N-ethyl adjacent to an activating group) is 1. The second-order valence-electron chi connectivity index (χ2n) is 21.3. The fourth-order valence-corrected chi connectivity index (χ4v) is 9.48. The van der Waals surface area contributed by atoms with Crippen LogP contribution in [0.1, 0.15) is 277 Å². The van der Waals surface area contributed by atoms with Gasteiger partial charge < -0.3 is 19.8 Å². The van der Waals surface area contributed by atoms with Crippen LogP contribution in [0.25, 0.3) is 0 Å². The van der Waals surface area contributed by atoms with E-state index in [9.17, 15) is 19.4 Å². The van der Waals surface area contributed by atoms with E-state index in [1.54, 1.807) is 0 Å². The summed E-state index contributed by atoms with van der Waals surface area (Å²) in [5.41, 5.74) is 0. The molecule has 0 aromatic carbocycles. The summed E-state index contributed by atoms with van der Waals surface area (Å²) in [6.07, 6.45) is 67.4. The average molecular weight is 993 g/mol. The lowest BCUT2D eigenvalue weighted by atomic mass is 10.0. The van der Waals surface area contributed by atoms with Gasteiger partial charge in [-0.2, -0.15) is 0 Å². The monoisotopic (exact) mass is 992 g/mol. The van der Waals surface area contributed by atoms with E-state index in [4.69, 9.17) is 9.05 Å². The maximum Gasteiger partial charge on any atom is 0.472 e. The SMILES string of the molecule is CC/C=C\C/C=C\C/C=C\C/C=C\CCCCCCCCCCCCCCCCC(=O)NC(COP(=O)(O)OCC[N+](C)(C)C)C(O)CCCCCCCCCCCCCCCCCCCCCC. The number of hydrogen-bond donors (Lipinski definition) is 3. The average Bonchev–Trinajstić information content (AvgIpc) is 3.31. The number of aliphatic hydroxyl groups excluding tert-OH is 1. The highest BCUT2D eigenvalue weighted by atomic mass is 31.2. The lowest BCUT2D eigenvalue weighted by Gasteiger charge is -2.26. The van der Waals surface area contributed by atoms with Gasteiger partial charge in [0.15, 0.2) is 0 Å². The van der Waals surface area contributed by atoms with Crippen LogP contribution in [0.5, 0.6) is 0 Å². The quantitative estimate of drug-likeness (QED) is 0.0243. The molecule has 0 saturated carbocycles. The molecule has 0 heterocycles. The number of nitrogens with zero attached hydrogens (tertiary/aromatic N) is 1. The summed E-state index contributed by atoms with van der Waals surface area (Å²) in [5.74, 6) is -0.143. The van der Waals surface area contributed by atoms with Gasteiger partial charge in [-0.25, -0.2) is 4.57 Å². The fourth-order valence-electron chi connectivity index (χ4n) is 8.75. The molecule has 0 radical (unpaired) electrons. The molecule has 3 N–H and O–H groups in total. The molecular weight excluding hydrogens is 876 g/mol. The number of nitrogens with one attached hydrogen (secondary N) is 1. The Bertz CT molecular complexity index is 1260. The molecule has 9 heteroatoms. The topological polar surface area (TPSA) is 105 Å². The molecule has 3 unspecified atom stereocenters. The lowest BCUT2D eigenvalue weighted by Crippen LogP contribution is -2.46. The van der Waals surface area contributed by atoms with Crippen molar-refractivity contribution in [3.05, 3.63) is 48.6 Å². The predicted molar refractivity (Wildman–Crippen MR) is 300 cm³/mol. The first-order valence-electron chi connectivity index (χ1n) is 29.5. The van der Waals surface area contributed by atoms with Gasteiger partial charge >= 0.3 is 7.82 Å². The number of hydrogen-bond acceptors (Lipinski definition) is 5. The Morgan fingerprint density at radius 3 is 1.28 bits per heavy atom. The zero-order valence-electron chi connectivity index (χ0n) is 46.3. The van der Waals surface area contributed by atoms with Crippen LogP contribution < -0.4 is 5.32 Å². The van der Waals surface area contributed by atoms with Crippen molar-refractivity contribution in [2.45, 2.75) is 289 Å². The van der Waals surface area contributed by atoms with Crippen molar-refractivity contribution in [3.8, 4) is 0 Å². The van der Waals surface area contributed by atoms with Gasteiger partial charge in [-0.3, -0.25) is 13.8 Å². The molecule has 0 spiro atoms. The van der Waals surface area contributed by atoms with Crippen molar-refractivity contribution < 1.29 is 32.9 Å². The van der Waals surface area contributed by atoms with Gasteiger partial charge in [0.1, 0.15) is 13.2 Å². The Kier molecular flexibility index (Phi) is 50.2. The van der Waals surface area contributed by atoms with E-state index in [1.807, 2.05) is 21.1 Å². The molecule has 406 valence electrons. The van der Waals surface area contributed by atoms with Crippen LogP contribution in [0, 0.1) is 0 Å². The number of carbonyl (C=O) groups excluding carboxylic acids is 1. The molecule has 0 aromatic heterocycles. The molecule has 0 aliphatic rings. The van der Waals surface area contributed by atoms with Crippen molar-refractivity contribution in [2.75, 3.05) is 40.9 Å². The summed E-state index contributed by atoms with van der Waals surface area (Å²) in [4.78, 5) is 23.4. The number of rotatable bonds is 54. The van der Waals surface area contributed by atoms with Crippen molar-refractivity contribution in [1.82, 2.24) is 5.32 Å². The van der Waals surface area contributed by atoms with Gasteiger partial charge in [-0.15, -0.1) is 0 Å². The zero-order valence-corrected chi connectivity index (χ0v) is 47.2. The molecule has 8 nitrogen and oxygen atoms in total. The van der Waals surface area contributed by atoms with Gasteiger partial charge in [0.25, 0.3) is 0 Å². The number of phosphoric acid groups is 1. The summed E-state index contributed by atoms with van der Waals surface area (Å²) < 4.78 is 23.8. The third-order valence-corrected chi connectivity index (χ3v) is 14.3. The van der Waals surface area contributed by atoms with Crippen LogP contribution in [0.15, 0.2) is 48.6 Å². The van der Waals surface area contributed by atoms with Crippen molar-refractivity contribution in [1.29, 1.82) is 0 Å². The fraction of sp³-hybridized carbons (Fsp3) is 0.850. The summed E-state index contributed by atoms with van der Waals surface area (Å²) in [5, 5.41) is 14.1. The summed E-state index contributed by atoms with van der Waals surface area (Å²) in [7, 11) is 1.62. The summed E-state index contributed by atoms with van der Waals surface area (Å²) >= 11 is 0. The Hall–Kier alpha value is -1.54. The molecule has 0 rings (SSSR count). The number of carbonyl (C=O) groups is 1. The zero-order chi connectivity index (χ0) is 50.6. The first-order chi connectivity index (χ1) is 33.5. The van der Waals surface area contributed by atoms with Crippen molar-refractivity contribution in [2.24, 2.45) is 0 Å². The van der Waals surface area contributed by atoms with Crippen LogP contribution in [-0.4, -0.2) is 73.4 Å². The minimum Gasteiger partial charge on any atom is -0.391 e. The van der Waals surface area contributed by atoms with Crippen LogP contribution in [0.2, 0.25) is 0 Å². The maximum atomic E-state index is 13.0. The summed E-state index contributed by atoms with van der Waals surface area (Å²) in [6, 6.07) is -0.762. The van der Waals surface area contributed by atoms with Crippen LogP contribution in [-0.2, 0) is 18.4 Å². The molecule has 69 heavy (non-hydrogen) atoms. The smallest absolute Gasteiger partial charge is 0.391 e. The van der Waals surface area contributed by atoms with E-state index in [2.05, 4.69) is 67.8 Å². The Morgan fingerprint density at radius 1 is 0.507 bits per heavy atom. The Labute approximate surface area is 429 Å². The van der Waals surface area contributed by atoms with Gasteiger partial charge in [-0.1, -0.05) is 268 Å². The highest BCUT2D eigenvalue weighted by Gasteiger charge is 2.28. The second-order valence-corrected chi connectivity index (χ2v) is 22.8. The third-order valence-electron chi connectivity index (χ3n) is 13.3. The number of amides is 1. The minimum absolute atomic E-state index is 0.0746. The molecule has 0 bridgehead atoms. The first kappa shape index (κ1) is 67.5. The summed E-state index contributed by atoms with van der Waals surface area (Å²) in [6.45, 7) is 4.81. The van der Waals surface area contributed by atoms with Gasteiger partial charge in [0.05, 0.1) is 39.9 Å². The largest absolute Gasteiger partial charge is 0.472 e. The number of phosphoric ester groups is 1. The van der Waals surface area contributed by atoms with E-state index >= 15 is 0 Å². The van der Waals surface area contributed by atoms with E-state index in [1.165, 1.54) is 186 Å². The number of unbranched alkanes of at least 4 members (excludes halogenated alkanes) is 33. The Balaban J connectivity index is 4.13. The van der Waals surface area contributed by atoms with E-state index in [0.717, 1.165) is 64.2 Å². The first-order valence-corrected chi connectivity index (χ1v) is 31.0. The third kappa shape index (κ3) is 54.1. The van der Waals surface area contributed by atoms with Crippen LogP contribution in [0.4, 0.5) is 0 Å². The lowest BCUT2D eigenvalue weighted by molar-refractivity contribution is -0.870. The highest BCUT2D eigenvalue weighted by molar-refractivity contribution is 7.47. The molecule has 0 aromatic rings. The molecule has 0 aliphatic carbocycles. The molecule has 1 amide bonds. The molecule has 3 atom stereocenters. The Morgan fingerprint density at radius 2 is 0.870 bits per heavy atom. The number of allylic oxidation sites excluding steroid dienone is 8. The minimum atomic E-state index is -4.32. The highest BCUT2D eigenvalue weighted by Crippen LogP contribution is 2.43. The van der Waals surface area contributed by atoms with E-state index in [-0.39, 0.29) is 19.1 Å².